The summed E-state index contributed by atoms with van der Waals surface area (Å²) in [6.45, 7) is 0.599. The predicted octanol–water partition coefficient (Wildman–Crippen LogP) is -2.14. The first kappa shape index (κ1) is 12.0. The molecule has 0 unspecified atom stereocenters. The first-order valence-corrected chi connectivity index (χ1v) is 4.62. The largest absolute Gasteiger partial charge is 0.336 e. The number of rotatable bonds is 3. The third-order valence-electron chi connectivity index (χ3n) is 1.73. The van der Waals surface area contributed by atoms with Crippen LogP contribution < -0.4 is 16.0 Å². The molecule has 0 aromatic carbocycles. The maximum atomic E-state index is 11.1. The van der Waals surface area contributed by atoms with Crippen LogP contribution in [0.2, 0.25) is 0 Å². The van der Waals surface area contributed by atoms with Gasteiger partial charge in [-0.15, -0.1) is 0 Å². The van der Waals surface area contributed by atoms with Crippen molar-refractivity contribution in [1.82, 2.24) is 20.9 Å². The van der Waals surface area contributed by atoms with E-state index in [4.69, 9.17) is 0 Å². The van der Waals surface area contributed by atoms with E-state index < -0.39 is 11.8 Å². The Morgan fingerprint density at radius 2 is 1.88 bits per heavy atom. The molecule has 1 rings (SSSR count). The Labute approximate surface area is 92.1 Å². The van der Waals surface area contributed by atoms with Crippen LogP contribution in [0.5, 0.6) is 0 Å². The number of guanidine groups is 1. The number of hydrogen-bond donors (Lipinski definition) is 3. The molecule has 0 aromatic rings. The maximum absolute atomic E-state index is 11.1. The van der Waals surface area contributed by atoms with Crippen LogP contribution in [0, 0.1) is 0 Å². The Morgan fingerprint density at radius 3 is 2.38 bits per heavy atom. The van der Waals surface area contributed by atoms with E-state index in [1.54, 1.807) is 14.1 Å². The van der Waals surface area contributed by atoms with Crippen LogP contribution in [-0.2, 0) is 9.59 Å². The molecule has 1 heterocycles. The molecular formula is C8H13N5O3. The SMILES string of the molecule is CN(C)C(=O)NCCN=C1NC(=O)C(=O)N1. The van der Waals surface area contributed by atoms with E-state index in [9.17, 15) is 14.4 Å². The van der Waals surface area contributed by atoms with Crippen molar-refractivity contribution in [3.63, 3.8) is 0 Å². The lowest BCUT2D eigenvalue weighted by atomic mass is 10.6. The highest BCUT2D eigenvalue weighted by molar-refractivity contribution is 6.45. The maximum Gasteiger partial charge on any atom is 0.316 e. The molecule has 0 atom stereocenters. The van der Waals surface area contributed by atoms with Gasteiger partial charge in [-0.25, -0.2) is 4.79 Å². The van der Waals surface area contributed by atoms with Crippen LogP contribution >= 0.6 is 0 Å². The first-order chi connectivity index (χ1) is 7.50. The Hall–Kier alpha value is -2.12. The second-order valence-electron chi connectivity index (χ2n) is 3.26. The zero-order valence-electron chi connectivity index (χ0n) is 9.03. The zero-order chi connectivity index (χ0) is 12.1. The fourth-order valence-corrected chi connectivity index (χ4v) is 0.928. The topological polar surface area (TPSA) is 103 Å². The molecule has 16 heavy (non-hydrogen) atoms. The summed E-state index contributed by atoms with van der Waals surface area (Å²) < 4.78 is 0. The monoisotopic (exact) mass is 227 g/mol. The minimum atomic E-state index is -0.726. The van der Waals surface area contributed by atoms with Crippen molar-refractivity contribution in [3.05, 3.63) is 0 Å². The van der Waals surface area contributed by atoms with Gasteiger partial charge in [0.05, 0.1) is 6.54 Å². The molecule has 1 aliphatic rings. The van der Waals surface area contributed by atoms with Crippen molar-refractivity contribution in [2.24, 2.45) is 4.99 Å². The number of hydrogen-bond acceptors (Lipinski definition) is 4. The number of nitrogens with zero attached hydrogens (tertiary/aromatic N) is 2. The van der Waals surface area contributed by atoms with E-state index >= 15 is 0 Å². The molecule has 0 radical (unpaired) electrons. The van der Waals surface area contributed by atoms with Gasteiger partial charge in [0, 0.05) is 20.6 Å². The van der Waals surface area contributed by atoms with Crippen LogP contribution in [-0.4, -0.2) is 55.9 Å². The van der Waals surface area contributed by atoms with Crippen molar-refractivity contribution >= 4 is 23.8 Å². The molecule has 8 heteroatoms. The number of carbonyl (C=O) groups excluding carboxylic acids is 3. The highest BCUT2D eigenvalue weighted by atomic mass is 16.2. The molecule has 0 spiro atoms. The van der Waals surface area contributed by atoms with Crippen LogP contribution in [0.1, 0.15) is 0 Å². The standard InChI is InChI=1S/C8H13N5O3/c1-13(2)8(16)10-4-3-9-7-11-5(14)6(15)12-7/h3-4H2,1-2H3,(H,10,16)(H2,9,11,12,14,15). The molecule has 0 aliphatic carbocycles. The first-order valence-electron chi connectivity index (χ1n) is 4.62. The third-order valence-corrected chi connectivity index (χ3v) is 1.73. The van der Waals surface area contributed by atoms with Crippen molar-refractivity contribution in [2.75, 3.05) is 27.2 Å². The Balaban J connectivity index is 2.26. The van der Waals surface area contributed by atoms with Gasteiger partial charge < -0.3 is 10.2 Å². The van der Waals surface area contributed by atoms with Gasteiger partial charge in [0.2, 0.25) is 5.96 Å². The van der Waals surface area contributed by atoms with Gasteiger partial charge in [-0.05, 0) is 0 Å². The van der Waals surface area contributed by atoms with Gasteiger partial charge in [0.1, 0.15) is 0 Å². The lowest BCUT2D eigenvalue weighted by Crippen LogP contribution is -2.36. The summed E-state index contributed by atoms with van der Waals surface area (Å²) in [5.41, 5.74) is 0. The van der Waals surface area contributed by atoms with Crippen molar-refractivity contribution in [3.8, 4) is 0 Å². The minimum absolute atomic E-state index is 0.120. The average molecular weight is 227 g/mol. The molecule has 1 saturated heterocycles. The Bertz CT molecular complexity index is 332. The average Bonchev–Trinajstić information content (AvgIpc) is 2.53. The van der Waals surface area contributed by atoms with Gasteiger partial charge in [-0.2, -0.15) is 0 Å². The molecule has 1 fully saturated rings. The summed E-state index contributed by atoms with van der Waals surface area (Å²) in [4.78, 5) is 37.8. The van der Waals surface area contributed by atoms with Crippen LogP contribution in [0.25, 0.3) is 0 Å². The van der Waals surface area contributed by atoms with Crippen LogP contribution in [0.4, 0.5) is 4.79 Å². The Morgan fingerprint density at radius 1 is 1.31 bits per heavy atom. The fourth-order valence-electron chi connectivity index (χ4n) is 0.928. The molecule has 88 valence electrons. The normalized spacial score (nSPS) is 14.2. The molecule has 0 saturated carbocycles. The number of urea groups is 1. The second kappa shape index (κ2) is 5.10. The molecular weight excluding hydrogens is 214 g/mol. The highest BCUT2D eigenvalue weighted by Crippen LogP contribution is 1.83. The van der Waals surface area contributed by atoms with Crippen LogP contribution in [0.3, 0.4) is 0 Å². The zero-order valence-corrected chi connectivity index (χ0v) is 9.03. The van der Waals surface area contributed by atoms with Crippen LogP contribution in [0.15, 0.2) is 4.99 Å². The number of amides is 4. The van der Waals surface area contributed by atoms with Gasteiger partial charge >= 0.3 is 17.8 Å². The summed E-state index contributed by atoms with van der Waals surface area (Å²) in [5, 5.41) is 7.07. The predicted molar refractivity (Wildman–Crippen MR) is 55.7 cm³/mol. The number of nitrogens with one attached hydrogen (secondary N) is 3. The smallest absolute Gasteiger partial charge is 0.316 e. The molecule has 1 aliphatic heterocycles. The van der Waals surface area contributed by atoms with Gasteiger partial charge in [0.15, 0.2) is 0 Å². The molecule has 4 amide bonds. The van der Waals surface area contributed by atoms with E-state index in [-0.39, 0.29) is 18.5 Å². The highest BCUT2D eigenvalue weighted by Gasteiger charge is 2.24. The fraction of sp³-hybridized carbons (Fsp3) is 0.500. The lowest BCUT2D eigenvalue weighted by Gasteiger charge is -2.10. The summed E-state index contributed by atoms with van der Waals surface area (Å²) in [6, 6.07) is -0.223. The van der Waals surface area contributed by atoms with E-state index in [0.717, 1.165) is 0 Å². The van der Waals surface area contributed by atoms with Gasteiger partial charge in [-0.1, -0.05) is 0 Å². The van der Waals surface area contributed by atoms with Crippen molar-refractivity contribution in [1.29, 1.82) is 0 Å². The molecule has 8 nitrogen and oxygen atoms in total. The number of aliphatic imine (C=N–C) groups is 1. The van der Waals surface area contributed by atoms with Gasteiger partial charge in [-0.3, -0.25) is 25.2 Å². The minimum Gasteiger partial charge on any atom is -0.336 e. The van der Waals surface area contributed by atoms with Gasteiger partial charge in [0.25, 0.3) is 0 Å². The number of carbonyl (C=O) groups is 3. The van der Waals surface area contributed by atoms with E-state index in [1.165, 1.54) is 4.90 Å². The van der Waals surface area contributed by atoms with Crippen molar-refractivity contribution < 1.29 is 14.4 Å². The summed E-state index contributed by atoms with van der Waals surface area (Å²) >= 11 is 0. The Kier molecular flexibility index (Phi) is 3.81. The van der Waals surface area contributed by atoms with E-state index in [1.807, 2.05) is 0 Å². The summed E-state index contributed by atoms with van der Waals surface area (Å²) in [6.07, 6.45) is 0. The van der Waals surface area contributed by atoms with E-state index in [2.05, 4.69) is 20.9 Å². The summed E-state index contributed by atoms with van der Waals surface area (Å²) in [7, 11) is 3.25. The lowest BCUT2D eigenvalue weighted by molar-refractivity contribution is -0.135. The summed E-state index contributed by atoms with van der Waals surface area (Å²) in [5.74, 6) is -1.33. The molecule has 0 bridgehead atoms. The third kappa shape index (κ3) is 3.23. The quantitative estimate of drug-likeness (QED) is 0.378. The molecule has 3 N–H and O–H groups in total. The second-order valence-corrected chi connectivity index (χ2v) is 3.26. The van der Waals surface area contributed by atoms with Crippen molar-refractivity contribution in [2.45, 2.75) is 0 Å². The molecule has 0 aromatic heterocycles. The van der Waals surface area contributed by atoms with E-state index in [0.29, 0.717) is 6.54 Å².